The number of halogens is 2. The molecule has 3 rings (SSSR count). The zero-order valence-electron chi connectivity index (χ0n) is 18.0. The summed E-state index contributed by atoms with van der Waals surface area (Å²) in [7, 11) is 3.49. The zero-order valence-corrected chi connectivity index (χ0v) is 20.3. The lowest BCUT2D eigenvalue weighted by atomic mass is 9.74. The molecule has 1 aromatic rings. The number of guanidine groups is 1. The van der Waals surface area contributed by atoms with Crippen molar-refractivity contribution in [2.75, 3.05) is 46.9 Å². The Bertz CT molecular complexity index is 717. The number of amides is 1. The predicted molar refractivity (Wildman–Crippen MR) is 128 cm³/mol. The van der Waals surface area contributed by atoms with Crippen molar-refractivity contribution in [2.45, 2.75) is 37.5 Å². The Kier molecular flexibility index (Phi) is 9.80. The van der Waals surface area contributed by atoms with Crippen LogP contribution in [0.2, 0.25) is 0 Å². The van der Waals surface area contributed by atoms with Crippen LogP contribution in [0, 0.1) is 11.7 Å². The van der Waals surface area contributed by atoms with E-state index < -0.39 is 0 Å². The second-order valence-electron chi connectivity index (χ2n) is 8.11. The van der Waals surface area contributed by atoms with Gasteiger partial charge in [-0.2, -0.15) is 0 Å². The quantitative estimate of drug-likeness (QED) is 0.348. The Hall–Kier alpha value is -1.42. The number of nitrogens with one attached hydrogen (secondary N) is 2. The fraction of sp³-hybridized carbons (Fsp3) is 0.636. The first-order valence-corrected chi connectivity index (χ1v) is 10.6. The summed E-state index contributed by atoms with van der Waals surface area (Å²) in [5.41, 5.74) is 0.862. The van der Waals surface area contributed by atoms with Gasteiger partial charge in [0.15, 0.2) is 5.96 Å². The highest BCUT2D eigenvalue weighted by Gasteiger charge is 2.35. The van der Waals surface area contributed by atoms with Gasteiger partial charge in [0.05, 0.1) is 0 Å². The standard InChI is InChI=1S/C22H33FN4O2.HI/c1-24-20(28)14-17-6-10-27(11-7-17)21(25-2)26-16-22(8-12-29-13-9-22)18-4-3-5-19(23)15-18;/h3-5,15,17H,6-14,16H2,1-2H3,(H,24,28)(H,25,26);1H. The summed E-state index contributed by atoms with van der Waals surface area (Å²) in [4.78, 5) is 18.4. The fourth-order valence-electron chi connectivity index (χ4n) is 4.44. The Morgan fingerprint density at radius 3 is 2.60 bits per heavy atom. The minimum Gasteiger partial charge on any atom is -0.381 e. The molecule has 2 fully saturated rings. The average Bonchev–Trinajstić information content (AvgIpc) is 2.76. The monoisotopic (exact) mass is 532 g/mol. The second kappa shape index (κ2) is 11.8. The first-order chi connectivity index (χ1) is 14.1. The second-order valence-corrected chi connectivity index (χ2v) is 8.11. The van der Waals surface area contributed by atoms with Crippen LogP contribution < -0.4 is 10.6 Å². The van der Waals surface area contributed by atoms with Crippen molar-refractivity contribution in [1.82, 2.24) is 15.5 Å². The minimum absolute atomic E-state index is 0. The van der Waals surface area contributed by atoms with E-state index in [1.54, 1.807) is 26.2 Å². The number of likely N-dealkylation sites (tertiary alicyclic amines) is 1. The van der Waals surface area contributed by atoms with Gasteiger partial charge in [-0.05, 0) is 49.3 Å². The highest BCUT2D eigenvalue weighted by Crippen LogP contribution is 2.34. The van der Waals surface area contributed by atoms with Crippen LogP contribution in [-0.2, 0) is 14.9 Å². The van der Waals surface area contributed by atoms with Crippen LogP contribution in [0.4, 0.5) is 4.39 Å². The maximum absolute atomic E-state index is 13.9. The first-order valence-electron chi connectivity index (χ1n) is 10.6. The number of piperidine rings is 1. The molecule has 2 saturated heterocycles. The average molecular weight is 532 g/mol. The normalized spacial score (nSPS) is 19.7. The highest BCUT2D eigenvalue weighted by atomic mass is 127. The van der Waals surface area contributed by atoms with E-state index in [0.717, 1.165) is 50.3 Å². The lowest BCUT2D eigenvalue weighted by Crippen LogP contribution is -2.51. The molecule has 2 heterocycles. The van der Waals surface area contributed by atoms with Gasteiger partial charge in [0, 0.05) is 58.8 Å². The van der Waals surface area contributed by atoms with Crippen molar-refractivity contribution in [1.29, 1.82) is 0 Å². The lowest BCUT2D eigenvalue weighted by molar-refractivity contribution is -0.121. The molecule has 2 N–H and O–H groups in total. The SMILES string of the molecule is CN=C(NCC1(c2cccc(F)c2)CCOCC1)N1CCC(CC(=O)NC)CC1.I. The molecule has 0 aliphatic carbocycles. The molecular formula is C22H34FIN4O2. The number of carbonyl (C=O) groups is 1. The van der Waals surface area contributed by atoms with E-state index in [1.807, 2.05) is 6.07 Å². The molecule has 0 unspecified atom stereocenters. The summed E-state index contributed by atoms with van der Waals surface area (Å²) < 4.78 is 19.5. The predicted octanol–water partition coefficient (Wildman–Crippen LogP) is 2.92. The van der Waals surface area contributed by atoms with Crippen LogP contribution in [-0.4, -0.2) is 63.7 Å². The molecule has 8 heteroatoms. The van der Waals surface area contributed by atoms with E-state index in [4.69, 9.17) is 4.74 Å². The van der Waals surface area contributed by atoms with E-state index in [9.17, 15) is 9.18 Å². The van der Waals surface area contributed by atoms with Gasteiger partial charge in [0.1, 0.15) is 5.82 Å². The van der Waals surface area contributed by atoms with E-state index in [0.29, 0.717) is 32.1 Å². The first kappa shape index (κ1) is 24.8. The molecule has 1 aromatic carbocycles. The summed E-state index contributed by atoms with van der Waals surface area (Å²) in [5.74, 6) is 1.22. The zero-order chi connectivity index (χ0) is 20.7. The molecule has 0 bridgehead atoms. The lowest BCUT2D eigenvalue weighted by Gasteiger charge is -2.40. The molecule has 2 aliphatic rings. The number of hydrogen-bond donors (Lipinski definition) is 2. The van der Waals surface area contributed by atoms with Crippen molar-refractivity contribution < 1.29 is 13.9 Å². The molecule has 6 nitrogen and oxygen atoms in total. The number of nitrogens with zero attached hydrogens (tertiary/aromatic N) is 2. The maximum Gasteiger partial charge on any atom is 0.220 e. The smallest absolute Gasteiger partial charge is 0.220 e. The van der Waals surface area contributed by atoms with Crippen LogP contribution >= 0.6 is 24.0 Å². The maximum atomic E-state index is 13.9. The van der Waals surface area contributed by atoms with Gasteiger partial charge in [-0.25, -0.2) is 4.39 Å². The number of aliphatic imine (C=N–C) groups is 1. The Morgan fingerprint density at radius 1 is 1.30 bits per heavy atom. The van der Waals surface area contributed by atoms with Crippen molar-refractivity contribution in [3.8, 4) is 0 Å². The van der Waals surface area contributed by atoms with Crippen molar-refractivity contribution in [3.05, 3.63) is 35.6 Å². The van der Waals surface area contributed by atoms with Gasteiger partial charge in [-0.3, -0.25) is 9.79 Å². The van der Waals surface area contributed by atoms with Crippen LogP contribution in [0.25, 0.3) is 0 Å². The topological polar surface area (TPSA) is 66.0 Å². The third-order valence-electron chi connectivity index (χ3n) is 6.35. The number of carbonyl (C=O) groups excluding carboxylic acids is 1. The summed E-state index contributed by atoms with van der Waals surface area (Å²) in [6.07, 6.45) is 4.27. The van der Waals surface area contributed by atoms with E-state index in [2.05, 4.69) is 20.5 Å². The van der Waals surface area contributed by atoms with Gasteiger partial charge in [-0.1, -0.05) is 12.1 Å². The van der Waals surface area contributed by atoms with Gasteiger partial charge in [0.2, 0.25) is 5.91 Å². The van der Waals surface area contributed by atoms with Crippen molar-refractivity contribution >= 4 is 35.8 Å². The van der Waals surface area contributed by atoms with E-state index in [-0.39, 0.29) is 41.1 Å². The molecule has 30 heavy (non-hydrogen) atoms. The summed E-state index contributed by atoms with van der Waals surface area (Å²) >= 11 is 0. The Labute approximate surface area is 196 Å². The van der Waals surface area contributed by atoms with Crippen LogP contribution in [0.15, 0.2) is 29.3 Å². The van der Waals surface area contributed by atoms with Crippen molar-refractivity contribution in [3.63, 3.8) is 0 Å². The van der Waals surface area contributed by atoms with Crippen LogP contribution in [0.5, 0.6) is 0 Å². The Morgan fingerprint density at radius 2 is 2.00 bits per heavy atom. The number of hydrogen-bond acceptors (Lipinski definition) is 3. The molecule has 0 radical (unpaired) electrons. The molecule has 1 amide bonds. The summed E-state index contributed by atoms with van der Waals surface area (Å²) in [5, 5.41) is 6.27. The number of benzene rings is 1. The van der Waals surface area contributed by atoms with Gasteiger partial charge in [0.25, 0.3) is 0 Å². The van der Waals surface area contributed by atoms with Gasteiger partial charge < -0.3 is 20.3 Å². The van der Waals surface area contributed by atoms with E-state index in [1.165, 1.54) is 6.07 Å². The van der Waals surface area contributed by atoms with Gasteiger partial charge in [-0.15, -0.1) is 24.0 Å². The number of ether oxygens (including phenoxy) is 1. The fourth-order valence-corrected chi connectivity index (χ4v) is 4.44. The molecule has 0 aromatic heterocycles. The molecule has 0 atom stereocenters. The third-order valence-corrected chi connectivity index (χ3v) is 6.35. The van der Waals surface area contributed by atoms with E-state index >= 15 is 0 Å². The number of rotatable bonds is 5. The minimum atomic E-state index is -0.198. The van der Waals surface area contributed by atoms with Crippen LogP contribution in [0.3, 0.4) is 0 Å². The highest BCUT2D eigenvalue weighted by molar-refractivity contribution is 14.0. The summed E-state index contributed by atoms with van der Waals surface area (Å²) in [6, 6.07) is 6.95. The van der Waals surface area contributed by atoms with Crippen molar-refractivity contribution in [2.24, 2.45) is 10.9 Å². The third kappa shape index (κ3) is 6.29. The molecule has 0 saturated carbocycles. The molecule has 0 spiro atoms. The van der Waals surface area contributed by atoms with Crippen LogP contribution in [0.1, 0.15) is 37.7 Å². The van der Waals surface area contributed by atoms with Gasteiger partial charge >= 0.3 is 0 Å². The molecule has 2 aliphatic heterocycles. The Balaban J connectivity index is 0.00000320. The molecular weight excluding hydrogens is 498 g/mol. The summed E-state index contributed by atoms with van der Waals surface area (Å²) in [6.45, 7) is 3.84. The largest absolute Gasteiger partial charge is 0.381 e. The molecule has 168 valence electrons.